The Morgan fingerprint density at radius 1 is 1.03 bits per heavy atom. The van der Waals surface area contributed by atoms with Gasteiger partial charge in [0.05, 0.1) is 13.7 Å². The third kappa shape index (κ3) is 7.03. The first kappa shape index (κ1) is 22.1. The van der Waals surface area contributed by atoms with Crippen LogP contribution >= 0.6 is 0 Å². The van der Waals surface area contributed by atoms with Gasteiger partial charge < -0.3 is 25.4 Å². The molecule has 0 saturated heterocycles. The summed E-state index contributed by atoms with van der Waals surface area (Å²) in [6.45, 7) is 5.05. The number of nitrogens with one attached hydrogen (secondary N) is 3. The molecule has 0 aromatic heterocycles. The van der Waals surface area contributed by atoms with E-state index in [4.69, 9.17) is 9.47 Å². The van der Waals surface area contributed by atoms with Crippen molar-refractivity contribution >= 4 is 23.2 Å². The van der Waals surface area contributed by atoms with Crippen molar-refractivity contribution in [2.75, 3.05) is 31.4 Å². The molecule has 0 aliphatic carbocycles. The molecule has 1 amide bonds. The molecule has 2 aromatic carbocycles. The van der Waals surface area contributed by atoms with Crippen molar-refractivity contribution in [1.82, 2.24) is 5.32 Å². The van der Waals surface area contributed by atoms with Crippen molar-refractivity contribution in [1.29, 1.82) is 0 Å². The molecular weight excluding hydrogens is 368 g/mol. The summed E-state index contributed by atoms with van der Waals surface area (Å²) in [7, 11) is 3.32. The van der Waals surface area contributed by atoms with Gasteiger partial charge in [-0.25, -0.2) is 0 Å². The SMILES string of the molecule is CCCC(=O)Nc1cccc(CNC(=NC)Nc2ccc(OCC)c(OC)c2)c1. The van der Waals surface area contributed by atoms with Gasteiger partial charge in [-0.2, -0.15) is 0 Å². The van der Waals surface area contributed by atoms with Crippen LogP contribution in [0.4, 0.5) is 11.4 Å². The summed E-state index contributed by atoms with van der Waals surface area (Å²) in [5.74, 6) is 2.00. The average molecular weight is 399 g/mol. The van der Waals surface area contributed by atoms with Crippen LogP contribution in [0.3, 0.4) is 0 Å². The summed E-state index contributed by atoms with van der Waals surface area (Å²) in [4.78, 5) is 16.0. The second-order valence-electron chi connectivity index (χ2n) is 6.35. The van der Waals surface area contributed by atoms with Gasteiger partial charge in [0.2, 0.25) is 5.91 Å². The van der Waals surface area contributed by atoms with Crippen LogP contribution in [-0.4, -0.2) is 32.6 Å². The zero-order chi connectivity index (χ0) is 21.1. The number of rotatable bonds is 9. The number of carbonyl (C=O) groups excluding carboxylic acids is 1. The minimum absolute atomic E-state index is 0.0273. The minimum atomic E-state index is 0.0273. The predicted octanol–water partition coefficient (Wildman–Crippen LogP) is 4.02. The number of hydrogen-bond acceptors (Lipinski definition) is 4. The molecule has 2 aromatic rings. The second kappa shape index (κ2) is 11.6. The number of carbonyl (C=O) groups is 1. The number of benzene rings is 2. The van der Waals surface area contributed by atoms with E-state index < -0.39 is 0 Å². The maximum absolute atomic E-state index is 11.8. The normalized spacial score (nSPS) is 11.0. The van der Waals surface area contributed by atoms with Gasteiger partial charge in [0.25, 0.3) is 0 Å². The third-order valence-electron chi connectivity index (χ3n) is 4.10. The van der Waals surface area contributed by atoms with Crippen molar-refractivity contribution in [3.05, 3.63) is 48.0 Å². The Labute approximate surface area is 172 Å². The largest absolute Gasteiger partial charge is 0.493 e. The van der Waals surface area contributed by atoms with Crippen molar-refractivity contribution in [2.45, 2.75) is 33.2 Å². The molecule has 0 unspecified atom stereocenters. The lowest BCUT2D eigenvalue weighted by Gasteiger charge is -2.15. The molecule has 2 rings (SSSR count). The van der Waals surface area contributed by atoms with Crippen LogP contribution < -0.4 is 25.4 Å². The van der Waals surface area contributed by atoms with E-state index in [1.165, 1.54) is 0 Å². The lowest BCUT2D eigenvalue weighted by atomic mass is 10.2. The monoisotopic (exact) mass is 398 g/mol. The highest BCUT2D eigenvalue weighted by molar-refractivity contribution is 5.94. The Balaban J connectivity index is 1.98. The molecule has 0 spiro atoms. The first-order valence-electron chi connectivity index (χ1n) is 9.76. The molecule has 0 aliphatic heterocycles. The number of anilines is 2. The molecule has 0 saturated carbocycles. The van der Waals surface area contributed by atoms with Crippen LogP contribution in [-0.2, 0) is 11.3 Å². The maximum Gasteiger partial charge on any atom is 0.224 e. The summed E-state index contributed by atoms with van der Waals surface area (Å²) in [6.07, 6.45) is 1.34. The maximum atomic E-state index is 11.8. The number of nitrogens with zero attached hydrogens (tertiary/aromatic N) is 1. The molecule has 0 atom stereocenters. The number of aliphatic imine (C=N–C) groups is 1. The molecule has 0 fully saturated rings. The number of ether oxygens (including phenoxy) is 2. The van der Waals surface area contributed by atoms with E-state index >= 15 is 0 Å². The van der Waals surface area contributed by atoms with E-state index in [0.29, 0.717) is 37.0 Å². The van der Waals surface area contributed by atoms with Crippen molar-refractivity contribution in [2.24, 2.45) is 4.99 Å². The van der Waals surface area contributed by atoms with E-state index in [2.05, 4.69) is 20.9 Å². The van der Waals surface area contributed by atoms with Gasteiger partial charge in [0.15, 0.2) is 17.5 Å². The van der Waals surface area contributed by atoms with Crippen molar-refractivity contribution in [3.8, 4) is 11.5 Å². The standard InChI is InChI=1S/C22H30N4O3/c1-5-8-21(27)25-17-10-7-9-16(13-17)15-24-22(23-3)26-18-11-12-19(29-6-2)20(14-18)28-4/h7,9-14H,5-6,8,15H2,1-4H3,(H,25,27)(H2,23,24,26). The van der Waals surface area contributed by atoms with Crippen LogP contribution in [0.1, 0.15) is 32.3 Å². The number of methoxy groups -OCH3 is 1. The fraction of sp³-hybridized carbons (Fsp3) is 0.364. The molecule has 156 valence electrons. The summed E-state index contributed by atoms with van der Waals surface area (Å²) >= 11 is 0. The van der Waals surface area contributed by atoms with Gasteiger partial charge in [-0.05, 0) is 43.2 Å². The van der Waals surface area contributed by atoms with E-state index in [1.54, 1.807) is 14.2 Å². The topological polar surface area (TPSA) is 84.0 Å². The Kier molecular flexibility index (Phi) is 8.82. The molecule has 29 heavy (non-hydrogen) atoms. The summed E-state index contributed by atoms with van der Waals surface area (Å²) in [5, 5.41) is 9.43. The first-order valence-corrected chi connectivity index (χ1v) is 9.76. The lowest BCUT2D eigenvalue weighted by Crippen LogP contribution is -2.30. The van der Waals surface area contributed by atoms with Crippen molar-refractivity contribution < 1.29 is 14.3 Å². The van der Waals surface area contributed by atoms with Gasteiger partial charge in [0, 0.05) is 37.5 Å². The zero-order valence-corrected chi connectivity index (χ0v) is 17.5. The second-order valence-corrected chi connectivity index (χ2v) is 6.35. The molecule has 0 radical (unpaired) electrons. The third-order valence-corrected chi connectivity index (χ3v) is 4.10. The molecule has 7 nitrogen and oxygen atoms in total. The molecule has 0 heterocycles. The van der Waals surface area contributed by atoms with Gasteiger partial charge in [-0.3, -0.25) is 9.79 Å². The van der Waals surface area contributed by atoms with E-state index in [0.717, 1.165) is 23.4 Å². The van der Waals surface area contributed by atoms with Gasteiger partial charge >= 0.3 is 0 Å². The van der Waals surface area contributed by atoms with Crippen LogP contribution in [0, 0.1) is 0 Å². The molecule has 0 aliphatic rings. The van der Waals surface area contributed by atoms with Crippen LogP contribution in [0.2, 0.25) is 0 Å². The highest BCUT2D eigenvalue weighted by Crippen LogP contribution is 2.30. The highest BCUT2D eigenvalue weighted by atomic mass is 16.5. The quantitative estimate of drug-likeness (QED) is 0.439. The van der Waals surface area contributed by atoms with Gasteiger partial charge in [-0.15, -0.1) is 0 Å². The molecular formula is C22H30N4O3. The predicted molar refractivity (Wildman–Crippen MR) is 118 cm³/mol. The summed E-state index contributed by atoms with van der Waals surface area (Å²) in [6, 6.07) is 13.4. The van der Waals surface area contributed by atoms with E-state index in [9.17, 15) is 4.79 Å². The number of amides is 1. The zero-order valence-electron chi connectivity index (χ0n) is 17.5. The smallest absolute Gasteiger partial charge is 0.224 e. The molecule has 3 N–H and O–H groups in total. The fourth-order valence-electron chi connectivity index (χ4n) is 2.73. The average Bonchev–Trinajstić information content (AvgIpc) is 2.72. The Morgan fingerprint density at radius 2 is 1.83 bits per heavy atom. The Bertz CT molecular complexity index is 837. The Morgan fingerprint density at radius 3 is 2.52 bits per heavy atom. The van der Waals surface area contributed by atoms with E-state index in [1.807, 2.05) is 56.3 Å². The summed E-state index contributed by atoms with van der Waals surface area (Å²) in [5.41, 5.74) is 2.66. The molecule has 0 bridgehead atoms. The lowest BCUT2D eigenvalue weighted by molar-refractivity contribution is -0.116. The van der Waals surface area contributed by atoms with Crippen LogP contribution in [0.25, 0.3) is 0 Å². The number of hydrogen-bond donors (Lipinski definition) is 3. The highest BCUT2D eigenvalue weighted by Gasteiger charge is 2.07. The van der Waals surface area contributed by atoms with Crippen LogP contribution in [0.15, 0.2) is 47.5 Å². The van der Waals surface area contributed by atoms with Crippen LogP contribution in [0.5, 0.6) is 11.5 Å². The fourth-order valence-corrected chi connectivity index (χ4v) is 2.73. The number of guanidine groups is 1. The van der Waals surface area contributed by atoms with Gasteiger partial charge in [-0.1, -0.05) is 19.1 Å². The Hall–Kier alpha value is -3.22. The van der Waals surface area contributed by atoms with Crippen molar-refractivity contribution in [3.63, 3.8) is 0 Å². The summed E-state index contributed by atoms with van der Waals surface area (Å²) < 4.78 is 10.9. The first-order chi connectivity index (χ1) is 14.1. The molecule has 7 heteroatoms. The van der Waals surface area contributed by atoms with Gasteiger partial charge in [0.1, 0.15) is 0 Å². The minimum Gasteiger partial charge on any atom is -0.493 e. The van der Waals surface area contributed by atoms with E-state index in [-0.39, 0.29) is 5.91 Å².